The Hall–Kier alpha value is -1.76. The van der Waals surface area contributed by atoms with Crippen LogP contribution in [0.4, 0.5) is 18.0 Å². The molecular formula is C15H21F3N2O2. The summed E-state index contributed by atoms with van der Waals surface area (Å²) in [4.78, 5) is 11.4. The molecule has 3 N–H and O–H groups in total. The highest BCUT2D eigenvalue weighted by molar-refractivity contribution is 5.73. The highest BCUT2D eigenvalue weighted by Crippen LogP contribution is 2.21. The zero-order valence-electron chi connectivity index (χ0n) is 12.4. The van der Waals surface area contributed by atoms with Crippen LogP contribution < -0.4 is 10.6 Å². The van der Waals surface area contributed by atoms with E-state index in [1.54, 1.807) is 0 Å². The molecule has 2 atom stereocenters. The topological polar surface area (TPSA) is 61.4 Å². The molecule has 1 rings (SSSR count). The Morgan fingerprint density at radius 3 is 2.23 bits per heavy atom. The number of nitrogens with one attached hydrogen (secondary N) is 2. The number of amides is 2. The van der Waals surface area contributed by atoms with Gasteiger partial charge in [-0.05, 0) is 24.3 Å². The first-order valence-electron chi connectivity index (χ1n) is 7.12. The third-order valence-electron chi connectivity index (χ3n) is 3.31. The Balaban J connectivity index is 2.16. The first-order valence-corrected chi connectivity index (χ1v) is 7.12. The van der Waals surface area contributed by atoms with E-state index >= 15 is 0 Å². The van der Waals surface area contributed by atoms with Gasteiger partial charge in [-0.25, -0.2) is 4.79 Å². The quantitative estimate of drug-likeness (QED) is 0.724. The Labute approximate surface area is 127 Å². The maximum atomic E-state index is 12.0. The van der Waals surface area contributed by atoms with E-state index in [0.29, 0.717) is 6.54 Å². The number of aliphatic hydroxyl groups is 1. The second-order valence-corrected chi connectivity index (χ2v) is 5.13. The Bertz CT molecular complexity index is 452. The number of aliphatic hydroxyl groups excluding tert-OH is 1. The van der Waals surface area contributed by atoms with E-state index in [-0.39, 0.29) is 12.5 Å². The SMILES string of the molecule is C[C@H](CCNC(=O)NCC[C@@H](O)C(F)(F)F)c1ccccc1. The van der Waals surface area contributed by atoms with E-state index in [1.807, 2.05) is 37.3 Å². The highest BCUT2D eigenvalue weighted by Gasteiger charge is 2.37. The van der Waals surface area contributed by atoms with Crippen molar-refractivity contribution in [3.8, 4) is 0 Å². The molecule has 0 fully saturated rings. The monoisotopic (exact) mass is 318 g/mol. The zero-order valence-corrected chi connectivity index (χ0v) is 12.4. The van der Waals surface area contributed by atoms with Gasteiger partial charge in [0, 0.05) is 13.1 Å². The van der Waals surface area contributed by atoms with Crippen LogP contribution in [0, 0.1) is 0 Å². The molecule has 0 unspecified atom stereocenters. The normalized spacial score (nSPS) is 14.2. The zero-order chi connectivity index (χ0) is 16.6. The lowest BCUT2D eigenvalue weighted by molar-refractivity contribution is -0.204. The van der Waals surface area contributed by atoms with Crippen LogP contribution >= 0.6 is 0 Å². The summed E-state index contributed by atoms with van der Waals surface area (Å²) in [6, 6.07) is 9.29. The molecule has 0 bridgehead atoms. The summed E-state index contributed by atoms with van der Waals surface area (Å²) in [6.45, 7) is 2.22. The number of alkyl halides is 3. The van der Waals surface area contributed by atoms with Crippen LogP contribution in [0.3, 0.4) is 0 Å². The van der Waals surface area contributed by atoms with Gasteiger partial charge >= 0.3 is 12.2 Å². The molecule has 0 radical (unpaired) electrons. The molecule has 0 heterocycles. The summed E-state index contributed by atoms with van der Waals surface area (Å²) in [6.07, 6.45) is -6.89. The molecule has 2 amide bonds. The lowest BCUT2D eigenvalue weighted by atomic mass is 9.98. The van der Waals surface area contributed by atoms with Crippen LogP contribution in [0.5, 0.6) is 0 Å². The number of rotatable bonds is 7. The van der Waals surface area contributed by atoms with Crippen molar-refractivity contribution in [2.24, 2.45) is 0 Å². The molecule has 1 aromatic carbocycles. The number of hydrogen-bond donors (Lipinski definition) is 3. The second kappa shape index (κ2) is 8.63. The Morgan fingerprint density at radius 1 is 1.14 bits per heavy atom. The number of halogens is 3. The minimum Gasteiger partial charge on any atom is -0.384 e. The van der Waals surface area contributed by atoms with Gasteiger partial charge in [-0.3, -0.25) is 0 Å². The van der Waals surface area contributed by atoms with Crippen molar-refractivity contribution >= 4 is 6.03 Å². The van der Waals surface area contributed by atoms with Gasteiger partial charge in [0.05, 0.1) is 0 Å². The molecule has 0 aliphatic carbocycles. The molecule has 0 aromatic heterocycles. The summed E-state index contributed by atoms with van der Waals surface area (Å²) in [7, 11) is 0. The largest absolute Gasteiger partial charge is 0.414 e. The van der Waals surface area contributed by atoms with Crippen molar-refractivity contribution in [2.75, 3.05) is 13.1 Å². The number of carbonyl (C=O) groups is 1. The van der Waals surface area contributed by atoms with Gasteiger partial charge in [0.15, 0.2) is 6.10 Å². The van der Waals surface area contributed by atoms with Gasteiger partial charge in [0.25, 0.3) is 0 Å². The fourth-order valence-electron chi connectivity index (χ4n) is 1.90. The van der Waals surface area contributed by atoms with Crippen LogP contribution in [0.25, 0.3) is 0 Å². The van der Waals surface area contributed by atoms with Crippen molar-refractivity contribution in [1.82, 2.24) is 10.6 Å². The van der Waals surface area contributed by atoms with Crippen LogP contribution in [0.2, 0.25) is 0 Å². The maximum Gasteiger partial charge on any atom is 0.414 e. The lowest BCUT2D eigenvalue weighted by Gasteiger charge is -2.15. The molecule has 0 aliphatic heterocycles. The van der Waals surface area contributed by atoms with E-state index < -0.39 is 24.7 Å². The lowest BCUT2D eigenvalue weighted by Crippen LogP contribution is -2.39. The predicted octanol–water partition coefficient (Wildman–Crippen LogP) is 2.79. The van der Waals surface area contributed by atoms with Crippen molar-refractivity contribution in [3.63, 3.8) is 0 Å². The number of hydrogen-bond acceptors (Lipinski definition) is 2. The third kappa shape index (κ3) is 6.80. The van der Waals surface area contributed by atoms with Gasteiger partial charge in [0.1, 0.15) is 0 Å². The van der Waals surface area contributed by atoms with E-state index in [4.69, 9.17) is 5.11 Å². The maximum absolute atomic E-state index is 12.0. The Morgan fingerprint density at radius 2 is 1.68 bits per heavy atom. The Kier molecular flexibility index (Phi) is 7.17. The average Bonchev–Trinajstić information content (AvgIpc) is 2.47. The molecule has 124 valence electrons. The molecule has 0 saturated heterocycles. The van der Waals surface area contributed by atoms with E-state index in [0.717, 1.165) is 12.0 Å². The number of urea groups is 1. The number of benzene rings is 1. The molecule has 0 saturated carbocycles. The summed E-state index contributed by atoms with van der Waals surface area (Å²) in [5.41, 5.74) is 1.16. The van der Waals surface area contributed by atoms with Crippen LogP contribution in [-0.4, -0.2) is 36.5 Å². The first-order chi connectivity index (χ1) is 10.3. The molecular weight excluding hydrogens is 297 g/mol. The molecule has 1 aromatic rings. The summed E-state index contributed by atoms with van der Waals surface area (Å²) >= 11 is 0. The minimum absolute atomic E-state index is 0.235. The van der Waals surface area contributed by atoms with Gasteiger partial charge < -0.3 is 15.7 Å². The minimum atomic E-state index is -4.65. The molecule has 22 heavy (non-hydrogen) atoms. The predicted molar refractivity (Wildman–Crippen MR) is 77.6 cm³/mol. The van der Waals surface area contributed by atoms with Crippen molar-refractivity contribution < 1.29 is 23.1 Å². The molecule has 7 heteroatoms. The molecule has 4 nitrogen and oxygen atoms in total. The molecule has 0 aliphatic rings. The van der Waals surface area contributed by atoms with E-state index in [9.17, 15) is 18.0 Å². The van der Waals surface area contributed by atoms with Crippen LogP contribution in [-0.2, 0) is 0 Å². The van der Waals surface area contributed by atoms with Gasteiger partial charge in [-0.1, -0.05) is 37.3 Å². The summed E-state index contributed by atoms with van der Waals surface area (Å²) in [5.74, 6) is 0.272. The van der Waals surface area contributed by atoms with Crippen LogP contribution in [0.15, 0.2) is 30.3 Å². The standard InChI is InChI=1S/C15H21F3N2O2/c1-11(12-5-3-2-4-6-12)7-9-19-14(22)20-10-8-13(21)15(16,17)18/h2-6,11,13,21H,7-10H2,1H3,(H2,19,20,22)/t11-,13-/m1/s1. The van der Waals surface area contributed by atoms with Crippen molar-refractivity contribution in [2.45, 2.75) is 38.0 Å². The van der Waals surface area contributed by atoms with Gasteiger partial charge in [-0.2, -0.15) is 13.2 Å². The fourth-order valence-corrected chi connectivity index (χ4v) is 1.90. The summed E-state index contributed by atoms with van der Waals surface area (Å²) < 4.78 is 36.1. The van der Waals surface area contributed by atoms with E-state index in [2.05, 4.69) is 10.6 Å². The summed E-state index contributed by atoms with van der Waals surface area (Å²) in [5, 5.41) is 13.6. The van der Waals surface area contributed by atoms with Crippen molar-refractivity contribution in [3.05, 3.63) is 35.9 Å². The van der Waals surface area contributed by atoms with Crippen LogP contribution in [0.1, 0.15) is 31.2 Å². The average molecular weight is 318 g/mol. The molecule has 0 spiro atoms. The fraction of sp³-hybridized carbons (Fsp3) is 0.533. The van der Waals surface area contributed by atoms with E-state index in [1.165, 1.54) is 0 Å². The highest BCUT2D eigenvalue weighted by atomic mass is 19.4. The van der Waals surface area contributed by atoms with Gasteiger partial charge in [0.2, 0.25) is 0 Å². The first kappa shape index (κ1) is 18.3. The smallest absolute Gasteiger partial charge is 0.384 e. The number of carbonyl (C=O) groups excluding carboxylic acids is 1. The second-order valence-electron chi connectivity index (χ2n) is 5.13. The van der Waals surface area contributed by atoms with Crippen molar-refractivity contribution in [1.29, 1.82) is 0 Å². The third-order valence-corrected chi connectivity index (χ3v) is 3.31. The van der Waals surface area contributed by atoms with Gasteiger partial charge in [-0.15, -0.1) is 0 Å².